The number of sulfonamides is 1. The molecule has 2 aromatic carbocycles. The van der Waals surface area contributed by atoms with Gasteiger partial charge in [-0.3, -0.25) is 4.99 Å². The number of guanidine groups is 1. The van der Waals surface area contributed by atoms with Crippen LogP contribution in [0.3, 0.4) is 0 Å². The monoisotopic (exact) mass is 520 g/mol. The van der Waals surface area contributed by atoms with E-state index in [1.807, 2.05) is 30.3 Å². The molecule has 28 heavy (non-hydrogen) atoms. The van der Waals surface area contributed by atoms with Crippen LogP contribution in [0.1, 0.15) is 16.7 Å². The van der Waals surface area contributed by atoms with Crippen LogP contribution in [0.25, 0.3) is 0 Å². The van der Waals surface area contributed by atoms with E-state index in [1.165, 1.54) is 6.07 Å². The normalized spacial score (nSPS) is 11.6. The third-order valence-corrected chi connectivity index (χ3v) is 5.23. The number of aryl methyl sites for hydroxylation is 1. The average molecular weight is 520 g/mol. The molecule has 0 radical (unpaired) electrons. The second-order valence-corrected chi connectivity index (χ2v) is 7.99. The van der Waals surface area contributed by atoms with E-state index in [2.05, 4.69) is 20.3 Å². The summed E-state index contributed by atoms with van der Waals surface area (Å²) < 4.78 is 40.0. The van der Waals surface area contributed by atoms with Gasteiger partial charge in [0.25, 0.3) is 0 Å². The van der Waals surface area contributed by atoms with Crippen LogP contribution in [0, 0.1) is 12.7 Å². The van der Waals surface area contributed by atoms with E-state index in [-0.39, 0.29) is 48.6 Å². The van der Waals surface area contributed by atoms with Crippen molar-refractivity contribution in [1.82, 2.24) is 15.4 Å². The maximum absolute atomic E-state index is 13.3. The number of hydrogen-bond donors (Lipinski definition) is 3. The van der Waals surface area contributed by atoms with E-state index in [4.69, 9.17) is 0 Å². The summed E-state index contributed by atoms with van der Waals surface area (Å²) in [6.07, 6.45) is 0. The molecule has 0 aliphatic heterocycles. The van der Waals surface area contributed by atoms with E-state index in [1.54, 1.807) is 26.1 Å². The van der Waals surface area contributed by atoms with Crippen LogP contribution in [0.2, 0.25) is 0 Å². The van der Waals surface area contributed by atoms with Crippen molar-refractivity contribution in [1.29, 1.82) is 0 Å². The highest BCUT2D eigenvalue weighted by Crippen LogP contribution is 2.08. The Kier molecular flexibility index (Phi) is 10.4. The smallest absolute Gasteiger partial charge is 0.213 e. The van der Waals surface area contributed by atoms with Gasteiger partial charge in [-0.05, 0) is 29.7 Å². The predicted molar refractivity (Wildman–Crippen MR) is 122 cm³/mol. The van der Waals surface area contributed by atoms with Gasteiger partial charge in [-0.2, -0.15) is 0 Å². The van der Waals surface area contributed by atoms with Crippen molar-refractivity contribution in [3.63, 3.8) is 0 Å². The van der Waals surface area contributed by atoms with E-state index < -0.39 is 10.0 Å². The summed E-state index contributed by atoms with van der Waals surface area (Å²) in [6.45, 7) is 2.64. The number of halogens is 2. The molecule has 0 unspecified atom stereocenters. The number of nitrogens with one attached hydrogen (secondary N) is 3. The molecule has 2 rings (SSSR count). The topological polar surface area (TPSA) is 82.6 Å². The highest BCUT2D eigenvalue weighted by Gasteiger charge is 2.10. The van der Waals surface area contributed by atoms with Crippen molar-refractivity contribution in [2.75, 3.05) is 19.3 Å². The zero-order chi connectivity index (χ0) is 19.7. The van der Waals surface area contributed by atoms with Crippen LogP contribution in [0.4, 0.5) is 4.39 Å². The molecule has 0 atom stereocenters. The molecule has 9 heteroatoms. The molecule has 0 fully saturated rings. The third-order valence-electron chi connectivity index (χ3n) is 3.91. The molecule has 0 saturated carbocycles. The average Bonchev–Trinajstić information content (AvgIpc) is 2.66. The van der Waals surface area contributed by atoms with Crippen LogP contribution >= 0.6 is 24.0 Å². The zero-order valence-corrected chi connectivity index (χ0v) is 19.1. The summed E-state index contributed by atoms with van der Waals surface area (Å²) in [6, 6.07) is 14.2. The molecule has 0 saturated heterocycles. The van der Waals surface area contributed by atoms with Crippen molar-refractivity contribution in [3.8, 4) is 0 Å². The Morgan fingerprint density at radius 2 is 1.75 bits per heavy atom. The Balaban J connectivity index is 0.00000392. The SMILES string of the molecule is CN=C(NCCS(=O)(=O)NCc1ccccc1)NCc1ccc(F)c(C)c1.I. The molecule has 0 spiro atoms. The van der Waals surface area contributed by atoms with Gasteiger partial charge in [0, 0.05) is 26.7 Å². The Bertz CT molecular complexity index is 877. The highest BCUT2D eigenvalue weighted by atomic mass is 127. The molecule has 0 aliphatic rings. The summed E-state index contributed by atoms with van der Waals surface area (Å²) in [5.41, 5.74) is 2.39. The minimum absolute atomic E-state index is 0. The minimum atomic E-state index is -3.40. The van der Waals surface area contributed by atoms with Crippen LogP contribution in [-0.4, -0.2) is 33.7 Å². The number of rotatable bonds is 8. The van der Waals surface area contributed by atoms with Gasteiger partial charge in [0.1, 0.15) is 5.82 Å². The molecular formula is C19H26FIN4O2S. The number of nitrogens with zero attached hydrogens (tertiary/aromatic N) is 1. The van der Waals surface area contributed by atoms with Gasteiger partial charge in [-0.25, -0.2) is 17.5 Å². The molecule has 0 heterocycles. The van der Waals surface area contributed by atoms with Gasteiger partial charge in [-0.15, -0.1) is 24.0 Å². The molecule has 154 valence electrons. The van der Waals surface area contributed by atoms with Gasteiger partial charge in [0.15, 0.2) is 5.96 Å². The van der Waals surface area contributed by atoms with E-state index in [0.29, 0.717) is 18.1 Å². The van der Waals surface area contributed by atoms with Crippen LogP contribution in [0.5, 0.6) is 0 Å². The third kappa shape index (κ3) is 8.53. The van der Waals surface area contributed by atoms with Gasteiger partial charge < -0.3 is 10.6 Å². The number of benzene rings is 2. The van der Waals surface area contributed by atoms with E-state index in [9.17, 15) is 12.8 Å². The van der Waals surface area contributed by atoms with Crippen LogP contribution < -0.4 is 15.4 Å². The molecule has 0 bridgehead atoms. The van der Waals surface area contributed by atoms with Crippen LogP contribution in [-0.2, 0) is 23.1 Å². The van der Waals surface area contributed by atoms with Crippen molar-refractivity contribution in [2.45, 2.75) is 20.0 Å². The first-order valence-electron chi connectivity index (χ1n) is 8.60. The summed E-state index contributed by atoms with van der Waals surface area (Å²) >= 11 is 0. The van der Waals surface area contributed by atoms with Gasteiger partial charge in [0.05, 0.1) is 5.75 Å². The fourth-order valence-corrected chi connectivity index (χ4v) is 3.29. The van der Waals surface area contributed by atoms with Crippen molar-refractivity contribution < 1.29 is 12.8 Å². The Hall–Kier alpha value is -1.72. The second kappa shape index (κ2) is 12.0. The first-order valence-corrected chi connectivity index (χ1v) is 10.3. The summed E-state index contributed by atoms with van der Waals surface area (Å²) in [5.74, 6) is 0.167. The Labute approximate surface area is 183 Å². The molecule has 0 aliphatic carbocycles. The maximum Gasteiger partial charge on any atom is 0.213 e. The first-order chi connectivity index (χ1) is 12.9. The zero-order valence-electron chi connectivity index (χ0n) is 15.9. The highest BCUT2D eigenvalue weighted by molar-refractivity contribution is 14.0. The Morgan fingerprint density at radius 1 is 1.04 bits per heavy atom. The summed E-state index contributed by atoms with van der Waals surface area (Å²) in [7, 11) is -1.79. The predicted octanol–water partition coefficient (Wildman–Crippen LogP) is 2.54. The van der Waals surface area contributed by atoms with Crippen LogP contribution in [0.15, 0.2) is 53.5 Å². The van der Waals surface area contributed by atoms with E-state index >= 15 is 0 Å². The Morgan fingerprint density at radius 3 is 2.39 bits per heavy atom. The molecule has 0 aromatic heterocycles. The molecule has 6 nitrogen and oxygen atoms in total. The molecule has 0 amide bonds. The lowest BCUT2D eigenvalue weighted by Crippen LogP contribution is -2.40. The quantitative estimate of drug-likeness (QED) is 0.284. The van der Waals surface area contributed by atoms with Gasteiger partial charge in [-0.1, -0.05) is 42.5 Å². The first kappa shape index (κ1) is 24.3. The second-order valence-electron chi connectivity index (χ2n) is 6.06. The number of aliphatic imine (C=N–C) groups is 1. The fraction of sp³-hybridized carbons (Fsp3) is 0.316. The maximum atomic E-state index is 13.3. The van der Waals surface area contributed by atoms with Gasteiger partial charge >= 0.3 is 0 Å². The van der Waals surface area contributed by atoms with Crippen molar-refractivity contribution >= 4 is 40.0 Å². The summed E-state index contributed by atoms with van der Waals surface area (Å²) in [4.78, 5) is 4.06. The molecule has 3 N–H and O–H groups in total. The molecule has 2 aromatic rings. The number of hydrogen-bond acceptors (Lipinski definition) is 3. The summed E-state index contributed by atoms with van der Waals surface area (Å²) in [5, 5.41) is 6.04. The van der Waals surface area contributed by atoms with Crippen molar-refractivity contribution in [3.05, 3.63) is 71.0 Å². The lowest BCUT2D eigenvalue weighted by molar-refractivity contribution is 0.580. The fourth-order valence-electron chi connectivity index (χ4n) is 2.39. The van der Waals surface area contributed by atoms with Gasteiger partial charge in [0.2, 0.25) is 10.0 Å². The molecular weight excluding hydrogens is 494 g/mol. The standard InChI is InChI=1S/C19H25FN4O2S.HI/c1-15-12-17(8-9-18(15)20)13-23-19(21-2)22-10-11-27(25,26)24-14-16-6-4-3-5-7-16;/h3-9,12,24H,10-11,13-14H2,1-2H3,(H2,21,22,23);1H. The largest absolute Gasteiger partial charge is 0.355 e. The lowest BCUT2D eigenvalue weighted by atomic mass is 10.1. The van der Waals surface area contributed by atoms with Crippen molar-refractivity contribution in [2.24, 2.45) is 4.99 Å². The van der Waals surface area contributed by atoms with E-state index in [0.717, 1.165) is 11.1 Å². The lowest BCUT2D eigenvalue weighted by Gasteiger charge is -2.13. The minimum Gasteiger partial charge on any atom is -0.355 e.